The van der Waals surface area contributed by atoms with Crippen molar-refractivity contribution in [3.8, 4) is 0 Å². The SMILES string of the molecule is OC1(Cc2ccc(Cl)cc2Cl)CCCC(C(F)(F)F)C1. The number of aliphatic hydroxyl groups is 1. The minimum absolute atomic E-state index is 0.0835. The molecule has 1 saturated carbocycles. The molecule has 6 heteroatoms. The molecule has 1 fully saturated rings. The number of halogens is 5. The molecule has 1 aliphatic rings. The van der Waals surface area contributed by atoms with E-state index in [4.69, 9.17) is 23.2 Å². The largest absolute Gasteiger partial charge is 0.391 e. The molecule has 0 spiro atoms. The first-order valence-corrected chi connectivity index (χ1v) is 7.18. The van der Waals surface area contributed by atoms with E-state index in [9.17, 15) is 18.3 Å². The van der Waals surface area contributed by atoms with Crippen LogP contribution in [0, 0.1) is 5.92 Å². The normalized spacial score (nSPS) is 27.6. The van der Waals surface area contributed by atoms with E-state index in [-0.39, 0.29) is 19.3 Å². The lowest BCUT2D eigenvalue weighted by Crippen LogP contribution is -2.41. The van der Waals surface area contributed by atoms with Gasteiger partial charge in [-0.1, -0.05) is 29.3 Å². The van der Waals surface area contributed by atoms with E-state index in [1.54, 1.807) is 12.1 Å². The van der Waals surface area contributed by atoms with Gasteiger partial charge in [-0.15, -0.1) is 0 Å². The maximum absolute atomic E-state index is 12.8. The van der Waals surface area contributed by atoms with Crippen LogP contribution in [0.25, 0.3) is 0 Å². The lowest BCUT2D eigenvalue weighted by Gasteiger charge is -2.37. The van der Waals surface area contributed by atoms with Crippen LogP contribution in [0.4, 0.5) is 13.2 Å². The van der Waals surface area contributed by atoms with Gasteiger partial charge in [-0.3, -0.25) is 0 Å². The van der Waals surface area contributed by atoms with Gasteiger partial charge in [0.15, 0.2) is 0 Å². The molecular formula is C14H15Cl2F3O. The zero-order chi connectivity index (χ0) is 15.0. The van der Waals surface area contributed by atoms with E-state index in [0.717, 1.165) is 0 Å². The van der Waals surface area contributed by atoms with Crippen molar-refractivity contribution in [3.63, 3.8) is 0 Å². The molecule has 2 atom stereocenters. The Morgan fingerprint density at radius 1 is 1.30 bits per heavy atom. The molecular weight excluding hydrogens is 312 g/mol. The Hall–Kier alpha value is -0.450. The molecule has 1 aromatic carbocycles. The topological polar surface area (TPSA) is 20.2 Å². The van der Waals surface area contributed by atoms with Gasteiger partial charge in [-0.25, -0.2) is 0 Å². The van der Waals surface area contributed by atoms with E-state index in [1.165, 1.54) is 6.07 Å². The maximum atomic E-state index is 12.8. The maximum Gasteiger partial charge on any atom is 0.391 e. The summed E-state index contributed by atoms with van der Waals surface area (Å²) in [5.74, 6) is -1.44. The third-order valence-electron chi connectivity index (χ3n) is 3.82. The lowest BCUT2D eigenvalue weighted by atomic mass is 9.75. The highest BCUT2D eigenvalue weighted by molar-refractivity contribution is 6.35. The third kappa shape index (κ3) is 3.80. The zero-order valence-electron chi connectivity index (χ0n) is 10.7. The predicted molar refractivity (Wildman–Crippen MR) is 73.1 cm³/mol. The smallest absolute Gasteiger partial charge is 0.390 e. The average Bonchev–Trinajstić information content (AvgIpc) is 2.32. The van der Waals surface area contributed by atoms with Gasteiger partial charge in [0.05, 0.1) is 11.5 Å². The number of benzene rings is 1. The molecule has 0 amide bonds. The molecule has 2 unspecified atom stereocenters. The molecule has 112 valence electrons. The number of rotatable bonds is 2. The molecule has 0 bridgehead atoms. The summed E-state index contributed by atoms with van der Waals surface area (Å²) in [4.78, 5) is 0. The number of hydrogen-bond acceptors (Lipinski definition) is 1. The quantitative estimate of drug-likeness (QED) is 0.809. The molecule has 1 aliphatic carbocycles. The van der Waals surface area contributed by atoms with Crippen LogP contribution in [0.3, 0.4) is 0 Å². The standard InChI is InChI=1S/C14H15Cl2F3O/c15-11-4-3-9(12(16)6-11)7-13(20)5-1-2-10(8-13)14(17,18)19/h3-4,6,10,20H,1-2,5,7-8H2. The summed E-state index contributed by atoms with van der Waals surface area (Å²) in [5.41, 5.74) is -0.725. The Morgan fingerprint density at radius 3 is 2.60 bits per heavy atom. The second kappa shape index (κ2) is 5.74. The number of alkyl halides is 3. The van der Waals surface area contributed by atoms with E-state index < -0.39 is 17.7 Å². The Labute approximate surface area is 125 Å². The monoisotopic (exact) mass is 326 g/mol. The van der Waals surface area contributed by atoms with E-state index in [1.807, 2.05) is 0 Å². The summed E-state index contributed by atoms with van der Waals surface area (Å²) >= 11 is 11.8. The minimum Gasteiger partial charge on any atom is -0.390 e. The third-order valence-corrected chi connectivity index (χ3v) is 4.41. The molecule has 20 heavy (non-hydrogen) atoms. The van der Waals surface area contributed by atoms with Crippen molar-refractivity contribution in [2.24, 2.45) is 5.92 Å². The van der Waals surface area contributed by atoms with Gasteiger partial charge in [0, 0.05) is 16.5 Å². The minimum atomic E-state index is -4.25. The zero-order valence-corrected chi connectivity index (χ0v) is 12.2. The Balaban J connectivity index is 2.14. The summed E-state index contributed by atoms with van der Waals surface area (Å²) in [6, 6.07) is 4.81. The summed E-state index contributed by atoms with van der Waals surface area (Å²) in [6.07, 6.45) is -3.59. The van der Waals surface area contributed by atoms with E-state index in [2.05, 4.69) is 0 Å². The second-order valence-electron chi connectivity index (χ2n) is 5.47. The van der Waals surface area contributed by atoms with Gasteiger partial charge in [0.2, 0.25) is 0 Å². The van der Waals surface area contributed by atoms with Gasteiger partial charge in [-0.2, -0.15) is 13.2 Å². The Bertz CT molecular complexity index is 490. The molecule has 0 aromatic heterocycles. The molecule has 2 rings (SSSR count). The molecule has 0 aliphatic heterocycles. The van der Waals surface area contributed by atoms with Crippen LogP contribution < -0.4 is 0 Å². The molecule has 1 nitrogen and oxygen atoms in total. The van der Waals surface area contributed by atoms with E-state index in [0.29, 0.717) is 28.5 Å². The van der Waals surface area contributed by atoms with Crippen molar-refractivity contribution < 1.29 is 18.3 Å². The van der Waals surface area contributed by atoms with Crippen LogP contribution in [-0.4, -0.2) is 16.9 Å². The van der Waals surface area contributed by atoms with Crippen LogP contribution in [0.2, 0.25) is 10.0 Å². The number of hydrogen-bond donors (Lipinski definition) is 1. The fourth-order valence-corrected chi connectivity index (χ4v) is 3.28. The van der Waals surface area contributed by atoms with Crippen LogP contribution in [0.5, 0.6) is 0 Å². The second-order valence-corrected chi connectivity index (χ2v) is 6.32. The molecule has 0 heterocycles. The fourth-order valence-electron chi connectivity index (χ4n) is 2.80. The van der Waals surface area contributed by atoms with Crippen molar-refractivity contribution in [2.75, 3.05) is 0 Å². The Kier molecular flexibility index (Phi) is 4.57. The van der Waals surface area contributed by atoms with Crippen molar-refractivity contribution >= 4 is 23.2 Å². The van der Waals surface area contributed by atoms with Gasteiger partial charge >= 0.3 is 6.18 Å². The summed E-state index contributed by atoms with van der Waals surface area (Å²) in [5, 5.41) is 11.3. The highest BCUT2D eigenvalue weighted by Crippen LogP contribution is 2.43. The van der Waals surface area contributed by atoms with Crippen LogP contribution in [0.1, 0.15) is 31.2 Å². The fraction of sp³-hybridized carbons (Fsp3) is 0.571. The van der Waals surface area contributed by atoms with Crippen molar-refractivity contribution in [1.29, 1.82) is 0 Å². The first-order valence-electron chi connectivity index (χ1n) is 6.43. The molecule has 0 saturated heterocycles. The van der Waals surface area contributed by atoms with Crippen molar-refractivity contribution in [3.05, 3.63) is 33.8 Å². The first-order chi connectivity index (χ1) is 9.20. The van der Waals surface area contributed by atoms with Crippen LogP contribution in [0.15, 0.2) is 18.2 Å². The first kappa shape index (κ1) is 15.9. The summed E-state index contributed by atoms with van der Waals surface area (Å²) < 4.78 is 38.4. The van der Waals surface area contributed by atoms with Gasteiger partial charge in [0.25, 0.3) is 0 Å². The van der Waals surface area contributed by atoms with Gasteiger partial charge < -0.3 is 5.11 Å². The predicted octanol–water partition coefficient (Wildman–Crippen LogP) is 5.02. The van der Waals surface area contributed by atoms with Crippen molar-refractivity contribution in [2.45, 2.75) is 43.9 Å². The summed E-state index contributed by atoms with van der Waals surface area (Å²) in [7, 11) is 0. The lowest BCUT2D eigenvalue weighted by molar-refractivity contribution is -0.200. The van der Waals surface area contributed by atoms with Crippen LogP contribution in [-0.2, 0) is 6.42 Å². The molecule has 1 aromatic rings. The van der Waals surface area contributed by atoms with Gasteiger partial charge in [-0.05, 0) is 43.4 Å². The highest BCUT2D eigenvalue weighted by Gasteiger charge is 2.46. The summed E-state index contributed by atoms with van der Waals surface area (Å²) in [6.45, 7) is 0. The van der Waals surface area contributed by atoms with Gasteiger partial charge in [0.1, 0.15) is 0 Å². The molecule has 1 N–H and O–H groups in total. The Morgan fingerprint density at radius 2 is 2.00 bits per heavy atom. The van der Waals surface area contributed by atoms with Crippen molar-refractivity contribution in [1.82, 2.24) is 0 Å². The average molecular weight is 327 g/mol. The molecule has 0 radical (unpaired) electrons. The van der Waals surface area contributed by atoms with Crippen LogP contribution >= 0.6 is 23.2 Å². The highest BCUT2D eigenvalue weighted by atomic mass is 35.5. The van der Waals surface area contributed by atoms with E-state index >= 15 is 0 Å².